The molecule has 3 rings (SSSR count). The Bertz CT molecular complexity index is 1030. The van der Waals surface area contributed by atoms with Gasteiger partial charge in [0, 0.05) is 37.1 Å². The highest BCUT2D eigenvalue weighted by atomic mass is 16.5. The fourth-order valence-corrected chi connectivity index (χ4v) is 2.63. The van der Waals surface area contributed by atoms with E-state index >= 15 is 0 Å². The molecule has 2 aromatic carbocycles. The predicted molar refractivity (Wildman–Crippen MR) is 108 cm³/mol. The van der Waals surface area contributed by atoms with Crippen LogP contribution in [0.3, 0.4) is 0 Å². The minimum atomic E-state index is -0.461. The molecular formula is C22H19N3O4. The second-order valence-corrected chi connectivity index (χ2v) is 6.16. The van der Waals surface area contributed by atoms with Crippen molar-refractivity contribution in [2.45, 2.75) is 13.5 Å². The van der Waals surface area contributed by atoms with Gasteiger partial charge in [0.05, 0.1) is 5.56 Å². The SMILES string of the molecule is CC(=O)Oc1cccc(C(=O)Nc2ccccc2CNC(=O)c2cccnc2)c1. The molecule has 0 saturated carbocycles. The minimum absolute atomic E-state index is 0.234. The van der Waals surface area contributed by atoms with E-state index < -0.39 is 5.97 Å². The van der Waals surface area contributed by atoms with Crippen LogP contribution >= 0.6 is 0 Å². The summed E-state index contributed by atoms with van der Waals surface area (Å²) in [5.74, 6) is -0.780. The fourth-order valence-electron chi connectivity index (χ4n) is 2.63. The van der Waals surface area contributed by atoms with Gasteiger partial charge in [-0.1, -0.05) is 24.3 Å². The average molecular weight is 389 g/mol. The molecule has 0 fully saturated rings. The molecule has 29 heavy (non-hydrogen) atoms. The number of carbonyl (C=O) groups is 3. The van der Waals surface area contributed by atoms with Gasteiger partial charge in [0.15, 0.2) is 0 Å². The van der Waals surface area contributed by atoms with Gasteiger partial charge in [0.1, 0.15) is 5.75 Å². The van der Waals surface area contributed by atoms with Gasteiger partial charge >= 0.3 is 5.97 Å². The van der Waals surface area contributed by atoms with Crippen molar-refractivity contribution >= 4 is 23.5 Å². The number of hydrogen-bond donors (Lipinski definition) is 2. The number of aromatic nitrogens is 1. The summed E-state index contributed by atoms with van der Waals surface area (Å²) < 4.78 is 5.01. The first-order valence-corrected chi connectivity index (χ1v) is 8.89. The summed E-state index contributed by atoms with van der Waals surface area (Å²) in [6.07, 6.45) is 3.08. The molecule has 146 valence electrons. The summed E-state index contributed by atoms with van der Waals surface area (Å²) >= 11 is 0. The maximum Gasteiger partial charge on any atom is 0.308 e. The molecule has 0 radical (unpaired) electrons. The van der Waals surface area contributed by atoms with Crippen molar-refractivity contribution in [3.63, 3.8) is 0 Å². The molecule has 3 aromatic rings. The highest BCUT2D eigenvalue weighted by molar-refractivity contribution is 6.05. The lowest BCUT2D eigenvalue weighted by Gasteiger charge is -2.12. The van der Waals surface area contributed by atoms with E-state index in [2.05, 4.69) is 15.6 Å². The molecule has 1 aromatic heterocycles. The molecule has 0 bridgehead atoms. The zero-order valence-corrected chi connectivity index (χ0v) is 15.7. The Hall–Kier alpha value is -4.00. The normalized spacial score (nSPS) is 10.1. The van der Waals surface area contributed by atoms with E-state index in [1.54, 1.807) is 48.7 Å². The van der Waals surface area contributed by atoms with Crippen LogP contribution in [0.4, 0.5) is 5.69 Å². The smallest absolute Gasteiger partial charge is 0.308 e. The molecule has 1 heterocycles. The number of para-hydroxylation sites is 1. The highest BCUT2D eigenvalue weighted by Gasteiger charge is 2.12. The Morgan fingerprint density at radius 1 is 0.931 bits per heavy atom. The maximum absolute atomic E-state index is 12.6. The van der Waals surface area contributed by atoms with E-state index in [9.17, 15) is 14.4 Å². The topological polar surface area (TPSA) is 97.4 Å². The first kappa shape index (κ1) is 19.8. The van der Waals surface area contributed by atoms with Crippen molar-refractivity contribution in [1.29, 1.82) is 0 Å². The standard InChI is InChI=1S/C22H19N3O4/c1-15(26)29-19-9-4-7-16(12-19)22(28)25-20-10-3-2-6-17(20)14-24-21(27)18-8-5-11-23-13-18/h2-13H,14H2,1H3,(H,24,27)(H,25,28). The Kier molecular flexibility index (Phi) is 6.32. The molecule has 0 spiro atoms. The number of benzene rings is 2. The number of ether oxygens (including phenoxy) is 1. The molecule has 0 aliphatic carbocycles. The number of pyridine rings is 1. The van der Waals surface area contributed by atoms with Gasteiger partial charge in [-0.05, 0) is 42.0 Å². The first-order valence-electron chi connectivity index (χ1n) is 8.89. The first-order chi connectivity index (χ1) is 14.0. The zero-order chi connectivity index (χ0) is 20.6. The summed E-state index contributed by atoms with van der Waals surface area (Å²) in [4.78, 5) is 39.9. The van der Waals surface area contributed by atoms with Crippen molar-refractivity contribution in [1.82, 2.24) is 10.3 Å². The van der Waals surface area contributed by atoms with E-state index in [0.29, 0.717) is 22.6 Å². The van der Waals surface area contributed by atoms with Gasteiger partial charge in [-0.15, -0.1) is 0 Å². The summed E-state index contributed by atoms with van der Waals surface area (Å²) in [5, 5.41) is 5.64. The van der Waals surface area contributed by atoms with Crippen LogP contribution in [0.1, 0.15) is 33.2 Å². The lowest BCUT2D eigenvalue weighted by atomic mass is 10.1. The number of nitrogens with one attached hydrogen (secondary N) is 2. The third-order valence-corrected chi connectivity index (χ3v) is 3.99. The molecular weight excluding hydrogens is 370 g/mol. The summed E-state index contributed by atoms with van der Waals surface area (Å²) in [6, 6.07) is 16.9. The lowest BCUT2D eigenvalue weighted by Crippen LogP contribution is -2.24. The van der Waals surface area contributed by atoms with E-state index in [1.807, 2.05) is 12.1 Å². The molecule has 2 amide bonds. The highest BCUT2D eigenvalue weighted by Crippen LogP contribution is 2.18. The van der Waals surface area contributed by atoms with Gasteiger partial charge in [0.2, 0.25) is 0 Å². The Morgan fingerprint density at radius 3 is 2.48 bits per heavy atom. The molecule has 7 nitrogen and oxygen atoms in total. The fraction of sp³-hybridized carbons (Fsp3) is 0.0909. The van der Waals surface area contributed by atoms with Crippen LogP contribution in [-0.2, 0) is 11.3 Å². The van der Waals surface area contributed by atoms with E-state index in [-0.39, 0.29) is 18.4 Å². The largest absolute Gasteiger partial charge is 0.427 e. The molecule has 2 N–H and O–H groups in total. The van der Waals surface area contributed by atoms with Crippen LogP contribution in [0.2, 0.25) is 0 Å². The van der Waals surface area contributed by atoms with Crippen LogP contribution in [0.5, 0.6) is 5.75 Å². The second-order valence-electron chi connectivity index (χ2n) is 6.16. The molecule has 0 atom stereocenters. The number of hydrogen-bond acceptors (Lipinski definition) is 5. The van der Waals surface area contributed by atoms with E-state index in [0.717, 1.165) is 5.56 Å². The van der Waals surface area contributed by atoms with Gasteiger partial charge < -0.3 is 15.4 Å². The number of rotatable bonds is 6. The lowest BCUT2D eigenvalue weighted by molar-refractivity contribution is -0.131. The Morgan fingerprint density at radius 2 is 1.72 bits per heavy atom. The number of carbonyl (C=O) groups excluding carboxylic acids is 3. The van der Waals surface area contributed by atoms with Crippen LogP contribution in [-0.4, -0.2) is 22.8 Å². The van der Waals surface area contributed by atoms with Crippen molar-refractivity contribution in [2.75, 3.05) is 5.32 Å². The molecule has 0 saturated heterocycles. The van der Waals surface area contributed by atoms with Crippen LogP contribution in [0.25, 0.3) is 0 Å². The van der Waals surface area contributed by atoms with Crippen molar-refractivity contribution < 1.29 is 19.1 Å². The average Bonchev–Trinajstić information content (AvgIpc) is 2.73. The van der Waals surface area contributed by atoms with Crippen molar-refractivity contribution in [3.8, 4) is 5.75 Å². The Labute approximate surface area is 167 Å². The number of amides is 2. The van der Waals surface area contributed by atoms with Gasteiger partial charge in [-0.25, -0.2) is 0 Å². The Balaban J connectivity index is 1.70. The summed E-state index contributed by atoms with van der Waals surface area (Å²) in [6.45, 7) is 1.53. The third-order valence-electron chi connectivity index (χ3n) is 3.99. The van der Waals surface area contributed by atoms with Crippen LogP contribution in [0.15, 0.2) is 73.1 Å². The molecule has 0 aliphatic rings. The van der Waals surface area contributed by atoms with E-state index in [1.165, 1.54) is 19.2 Å². The maximum atomic E-state index is 12.6. The quantitative estimate of drug-likeness (QED) is 0.498. The minimum Gasteiger partial charge on any atom is -0.427 e. The van der Waals surface area contributed by atoms with Crippen LogP contribution in [0, 0.1) is 0 Å². The van der Waals surface area contributed by atoms with E-state index in [4.69, 9.17) is 4.74 Å². The van der Waals surface area contributed by atoms with Gasteiger partial charge in [-0.3, -0.25) is 19.4 Å². The van der Waals surface area contributed by atoms with Gasteiger partial charge in [0.25, 0.3) is 11.8 Å². The van der Waals surface area contributed by atoms with Crippen molar-refractivity contribution in [2.24, 2.45) is 0 Å². The second kappa shape index (κ2) is 9.27. The molecule has 0 aliphatic heterocycles. The van der Waals surface area contributed by atoms with Crippen molar-refractivity contribution in [3.05, 3.63) is 89.7 Å². The third kappa shape index (κ3) is 5.49. The number of anilines is 1. The zero-order valence-electron chi connectivity index (χ0n) is 15.7. The summed E-state index contributed by atoms with van der Waals surface area (Å²) in [5.41, 5.74) is 2.12. The summed E-state index contributed by atoms with van der Waals surface area (Å²) in [7, 11) is 0. The number of esters is 1. The predicted octanol–water partition coefficient (Wildman–Crippen LogP) is 3.19. The monoisotopic (exact) mass is 389 g/mol. The van der Waals surface area contributed by atoms with Crippen LogP contribution < -0.4 is 15.4 Å². The number of nitrogens with zero attached hydrogens (tertiary/aromatic N) is 1. The molecule has 0 unspecified atom stereocenters. The molecule has 7 heteroatoms. The van der Waals surface area contributed by atoms with Gasteiger partial charge in [-0.2, -0.15) is 0 Å².